The van der Waals surface area contributed by atoms with Gasteiger partial charge in [0.2, 0.25) is 0 Å². The van der Waals surface area contributed by atoms with E-state index in [1.807, 2.05) is 24.3 Å². The Bertz CT molecular complexity index is 2420. The zero-order valence-electron chi connectivity index (χ0n) is 26.4. The molecule has 222 valence electrons. The second kappa shape index (κ2) is 10.6. The number of rotatable bonds is 4. The molecule has 0 atom stereocenters. The van der Waals surface area contributed by atoms with E-state index in [1.54, 1.807) is 0 Å². The molecule has 1 aliphatic rings. The van der Waals surface area contributed by atoms with E-state index in [0.29, 0.717) is 0 Å². The number of aromatic nitrogens is 2. The summed E-state index contributed by atoms with van der Waals surface area (Å²) < 4.78 is 0. The van der Waals surface area contributed by atoms with Crippen molar-refractivity contribution in [2.45, 2.75) is 19.3 Å². The van der Waals surface area contributed by atoms with Gasteiger partial charge in [-0.3, -0.25) is 0 Å². The largest absolute Gasteiger partial charge is 0.228 e. The first kappa shape index (κ1) is 27.5. The van der Waals surface area contributed by atoms with Crippen molar-refractivity contribution in [2.24, 2.45) is 0 Å². The SMILES string of the molecule is CC1(C)c2cc(-c3ccc(-c4cc(-c5ccccc5)nc(-c5ccccc5)n4)c4ccccc34)ccc2-c2ccc3ccccc3c21. The van der Waals surface area contributed by atoms with Crippen molar-refractivity contribution in [3.05, 3.63) is 169 Å². The molecule has 47 heavy (non-hydrogen) atoms. The first-order valence-corrected chi connectivity index (χ1v) is 16.3. The predicted molar refractivity (Wildman–Crippen MR) is 196 cm³/mol. The maximum atomic E-state index is 5.15. The van der Waals surface area contributed by atoms with Gasteiger partial charge in [0.15, 0.2) is 5.82 Å². The second-order valence-corrected chi connectivity index (χ2v) is 13.0. The monoisotopic (exact) mass is 600 g/mol. The molecule has 0 bridgehead atoms. The van der Waals surface area contributed by atoms with Crippen LogP contribution >= 0.6 is 0 Å². The lowest BCUT2D eigenvalue weighted by molar-refractivity contribution is 0.666. The van der Waals surface area contributed by atoms with Crippen LogP contribution in [0.25, 0.3) is 77.7 Å². The first-order valence-electron chi connectivity index (χ1n) is 16.3. The van der Waals surface area contributed by atoms with Crippen LogP contribution in [-0.4, -0.2) is 9.97 Å². The summed E-state index contributed by atoms with van der Waals surface area (Å²) in [5.41, 5.74) is 12.8. The van der Waals surface area contributed by atoms with Crippen molar-refractivity contribution in [2.75, 3.05) is 0 Å². The average molecular weight is 601 g/mol. The zero-order valence-corrected chi connectivity index (χ0v) is 26.4. The number of nitrogens with zero attached hydrogens (tertiary/aromatic N) is 2. The van der Waals surface area contributed by atoms with E-state index in [9.17, 15) is 0 Å². The average Bonchev–Trinajstić information content (AvgIpc) is 3.37. The van der Waals surface area contributed by atoms with Crippen molar-refractivity contribution >= 4 is 21.5 Å². The van der Waals surface area contributed by atoms with Gasteiger partial charge in [-0.05, 0) is 67.1 Å². The van der Waals surface area contributed by atoms with Gasteiger partial charge >= 0.3 is 0 Å². The van der Waals surface area contributed by atoms with Gasteiger partial charge < -0.3 is 0 Å². The molecule has 7 aromatic carbocycles. The van der Waals surface area contributed by atoms with Crippen molar-refractivity contribution in [1.29, 1.82) is 0 Å². The quantitative estimate of drug-likeness (QED) is 0.201. The molecule has 2 heteroatoms. The fourth-order valence-electron chi connectivity index (χ4n) is 7.60. The van der Waals surface area contributed by atoms with Crippen molar-refractivity contribution < 1.29 is 0 Å². The molecule has 0 spiro atoms. The Labute approximate surface area is 275 Å². The van der Waals surface area contributed by atoms with Crippen LogP contribution in [0, 0.1) is 0 Å². The summed E-state index contributed by atoms with van der Waals surface area (Å²) in [5, 5.41) is 5.03. The fourth-order valence-corrected chi connectivity index (χ4v) is 7.60. The zero-order chi connectivity index (χ0) is 31.5. The second-order valence-electron chi connectivity index (χ2n) is 13.0. The van der Waals surface area contributed by atoms with Gasteiger partial charge in [0.05, 0.1) is 11.4 Å². The van der Waals surface area contributed by atoms with E-state index >= 15 is 0 Å². The standard InChI is InChI=1S/C45H32N2/c1-45(2)40-27-32(22-23-37(40)39-24-21-29-13-9-10-18-34(29)43(39)45)33-25-26-38(36-20-12-11-19-35(33)36)42-28-41(30-14-5-3-6-15-30)46-44(47-42)31-16-7-4-8-17-31/h3-28H,1-2H3. The Morgan fingerprint density at radius 3 is 1.74 bits per heavy atom. The number of hydrogen-bond acceptors (Lipinski definition) is 2. The lowest BCUT2D eigenvalue weighted by atomic mass is 9.79. The topological polar surface area (TPSA) is 25.8 Å². The highest BCUT2D eigenvalue weighted by Gasteiger charge is 2.37. The molecule has 8 aromatic rings. The van der Waals surface area contributed by atoms with Crippen LogP contribution in [0.4, 0.5) is 0 Å². The number of hydrogen-bond donors (Lipinski definition) is 0. The molecule has 1 aliphatic carbocycles. The van der Waals surface area contributed by atoms with Gasteiger partial charge in [0, 0.05) is 22.1 Å². The van der Waals surface area contributed by atoms with Gasteiger partial charge in [0.1, 0.15) is 0 Å². The highest BCUT2D eigenvalue weighted by molar-refractivity contribution is 6.05. The summed E-state index contributed by atoms with van der Waals surface area (Å²) in [7, 11) is 0. The summed E-state index contributed by atoms with van der Waals surface area (Å²) in [6, 6.07) is 56.4. The van der Waals surface area contributed by atoms with E-state index in [-0.39, 0.29) is 5.41 Å². The number of fused-ring (bicyclic) bond motifs is 6. The van der Waals surface area contributed by atoms with E-state index in [0.717, 1.165) is 33.9 Å². The first-order chi connectivity index (χ1) is 23.1. The van der Waals surface area contributed by atoms with E-state index < -0.39 is 0 Å². The van der Waals surface area contributed by atoms with E-state index in [2.05, 4.69) is 147 Å². The molecule has 0 N–H and O–H groups in total. The van der Waals surface area contributed by atoms with E-state index in [4.69, 9.17) is 9.97 Å². The molecule has 0 unspecified atom stereocenters. The third kappa shape index (κ3) is 4.40. The van der Waals surface area contributed by atoms with Crippen LogP contribution in [-0.2, 0) is 5.41 Å². The van der Waals surface area contributed by atoms with Crippen molar-refractivity contribution in [3.63, 3.8) is 0 Å². The minimum absolute atomic E-state index is 0.111. The van der Waals surface area contributed by atoms with Gasteiger partial charge in [-0.15, -0.1) is 0 Å². The third-order valence-corrected chi connectivity index (χ3v) is 9.88. The van der Waals surface area contributed by atoms with Crippen LogP contribution < -0.4 is 0 Å². The van der Waals surface area contributed by atoms with Crippen LogP contribution in [0.2, 0.25) is 0 Å². The fraction of sp³-hybridized carbons (Fsp3) is 0.0667. The Morgan fingerprint density at radius 1 is 0.404 bits per heavy atom. The molecule has 2 nitrogen and oxygen atoms in total. The highest BCUT2D eigenvalue weighted by atomic mass is 14.9. The van der Waals surface area contributed by atoms with Crippen LogP contribution in [0.15, 0.2) is 158 Å². The molecular weight excluding hydrogens is 569 g/mol. The minimum atomic E-state index is -0.111. The van der Waals surface area contributed by atoms with Crippen LogP contribution in [0.3, 0.4) is 0 Å². The lowest BCUT2D eigenvalue weighted by Crippen LogP contribution is -2.15. The predicted octanol–water partition coefficient (Wildman–Crippen LogP) is 11.8. The Kier molecular flexibility index (Phi) is 6.20. The molecule has 0 radical (unpaired) electrons. The highest BCUT2D eigenvalue weighted by Crippen LogP contribution is 2.52. The molecule has 1 heterocycles. The normalized spacial score (nSPS) is 13.1. The minimum Gasteiger partial charge on any atom is -0.228 e. The van der Waals surface area contributed by atoms with Crippen LogP contribution in [0.5, 0.6) is 0 Å². The Balaban J connectivity index is 1.21. The molecular formula is C45H32N2. The third-order valence-electron chi connectivity index (χ3n) is 9.88. The summed E-state index contributed by atoms with van der Waals surface area (Å²) in [6.07, 6.45) is 0. The molecule has 0 saturated heterocycles. The summed E-state index contributed by atoms with van der Waals surface area (Å²) in [6.45, 7) is 4.75. The molecule has 0 amide bonds. The Morgan fingerprint density at radius 2 is 0.979 bits per heavy atom. The maximum Gasteiger partial charge on any atom is 0.160 e. The lowest BCUT2D eigenvalue weighted by Gasteiger charge is -2.24. The summed E-state index contributed by atoms with van der Waals surface area (Å²) in [5.74, 6) is 0.725. The number of benzene rings is 7. The Hall–Kier alpha value is -5.86. The van der Waals surface area contributed by atoms with Crippen molar-refractivity contribution in [1.82, 2.24) is 9.97 Å². The van der Waals surface area contributed by atoms with E-state index in [1.165, 1.54) is 54.9 Å². The molecule has 1 aromatic heterocycles. The van der Waals surface area contributed by atoms with Gasteiger partial charge in [-0.1, -0.05) is 159 Å². The van der Waals surface area contributed by atoms with Crippen LogP contribution in [0.1, 0.15) is 25.0 Å². The summed E-state index contributed by atoms with van der Waals surface area (Å²) >= 11 is 0. The molecule has 0 fully saturated rings. The van der Waals surface area contributed by atoms with Gasteiger partial charge in [-0.25, -0.2) is 9.97 Å². The summed E-state index contributed by atoms with van der Waals surface area (Å²) in [4.78, 5) is 10.2. The molecule has 9 rings (SSSR count). The molecule has 0 aliphatic heterocycles. The maximum absolute atomic E-state index is 5.15. The van der Waals surface area contributed by atoms with Crippen molar-refractivity contribution in [3.8, 4) is 56.2 Å². The smallest absolute Gasteiger partial charge is 0.160 e. The van der Waals surface area contributed by atoms with Gasteiger partial charge in [-0.2, -0.15) is 0 Å². The molecule has 0 saturated carbocycles. The van der Waals surface area contributed by atoms with Gasteiger partial charge in [0.25, 0.3) is 0 Å².